The number of carbonyl (C=O) groups excluding carboxylic acids is 1. The monoisotopic (exact) mass is 504 g/mol. The standard InChI is InChI=1S/C30H33F5O/c1-17(2)18-6-5-7-19(14-18)24-16-27(3)25(12-13-28(27,4)29(31,32)30(33,34)35)23-10-8-20-15-21(36)9-11-22(20)26(23)24/h5-7,14-15,23-25H,1,8-13,16H2,2-4H3/t23?,24?,25?,27-,28+/m0/s1. The first kappa shape index (κ1) is 25.4. The van der Waals surface area contributed by atoms with Crippen molar-refractivity contribution in [3.05, 3.63) is 64.8 Å². The number of hydrogen-bond donors (Lipinski definition) is 0. The van der Waals surface area contributed by atoms with Gasteiger partial charge in [-0.05, 0) is 91.0 Å². The van der Waals surface area contributed by atoms with Crippen molar-refractivity contribution in [2.45, 2.75) is 83.7 Å². The van der Waals surface area contributed by atoms with Gasteiger partial charge in [0.1, 0.15) is 0 Å². The Morgan fingerprint density at radius 1 is 1.06 bits per heavy atom. The van der Waals surface area contributed by atoms with Crippen molar-refractivity contribution in [2.75, 3.05) is 0 Å². The van der Waals surface area contributed by atoms with E-state index in [1.165, 1.54) is 12.5 Å². The molecule has 1 aromatic rings. The molecule has 0 bridgehead atoms. The van der Waals surface area contributed by atoms with Crippen LogP contribution in [0, 0.1) is 22.7 Å². The van der Waals surface area contributed by atoms with Gasteiger partial charge in [0.15, 0.2) is 5.78 Å². The minimum Gasteiger partial charge on any atom is -0.295 e. The van der Waals surface area contributed by atoms with Crippen LogP contribution in [0.25, 0.3) is 5.57 Å². The molecule has 6 heteroatoms. The molecule has 2 saturated carbocycles. The third-order valence-corrected chi connectivity index (χ3v) is 10.2. The smallest absolute Gasteiger partial charge is 0.295 e. The maximum atomic E-state index is 15.3. The maximum Gasteiger partial charge on any atom is 0.453 e. The topological polar surface area (TPSA) is 17.1 Å². The third kappa shape index (κ3) is 3.42. The molecule has 0 saturated heterocycles. The molecule has 0 aromatic heterocycles. The predicted molar refractivity (Wildman–Crippen MR) is 131 cm³/mol. The van der Waals surface area contributed by atoms with E-state index in [1.54, 1.807) is 13.0 Å². The highest BCUT2D eigenvalue weighted by Crippen LogP contribution is 2.74. The highest BCUT2D eigenvalue weighted by Gasteiger charge is 2.77. The van der Waals surface area contributed by atoms with Gasteiger partial charge in [-0.1, -0.05) is 55.8 Å². The SMILES string of the molecule is C=C(C)c1cccc(C2C[C@@]3(C)C(CC[C@@]3(C)C(F)(F)C(F)(F)F)C3CCC4=CC(=O)CCC4=C23)c1. The lowest BCUT2D eigenvalue weighted by molar-refractivity contribution is -0.341. The summed E-state index contributed by atoms with van der Waals surface area (Å²) in [6, 6.07) is 7.83. The molecule has 1 nitrogen and oxygen atoms in total. The summed E-state index contributed by atoms with van der Waals surface area (Å²) in [5.74, 6) is -5.27. The van der Waals surface area contributed by atoms with Gasteiger partial charge in [0.2, 0.25) is 0 Å². The summed E-state index contributed by atoms with van der Waals surface area (Å²) in [6.07, 6.45) is -1.04. The van der Waals surface area contributed by atoms with Crippen LogP contribution in [0.4, 0.5) is 22.0 Å². The van der Waals surface area contributed by atoms with Gasteiger partial charge in [-0.2, -0.15) is 22.0 Å². The fourth-order valence-corrected chi connectivity index (χ4v) is 8.05. The van der Waals surface area contributed by atoms with Crippen LogP contribution in [0.5, 0.6) is 0 Å². The van der Waals surface area contributed by atoms with Crippen molar-refractivity contribution in [1.29, 1.82) is 0 Å². The molecule has 4 aliphatic carbocycles. The fraction of sp³-hybridized carbons (Fsp3) is 0.567. The third-order valence-electron chi connectivity index (χ3n) is 10.2. The normalized spacial score (nSPS) is 34.6. The van der Waals surface area contributed by atoms with E-state index in [0.717, 1.165) is 27.8 Å². The molecule has 0 radical (unpaired) electrons. The number of carbonyl (C=O) groups is 1. The van der Waals surface area contributed by atoms with Gasteiger partial charge in [-0.15, -0.1) is 0 Å². The summed E-state index contributed by atoms with van der Waals surface area (Å²) >= 11 is 0. The Bertz CT molecular complexity index is 1190. The van der Waals surface area contributed by atoms with Crippen molar-refractivity contribution in [3.63, 3.8) is 0 Å². The zero-order valence-corrected chi connectivity index (χ0v) is 21.1. The molecule has 0 amide bonds. The van der Waals surface area contributed by atoms with Crippen molar-refractivity contribution >= 4 is 11.4 Å². The predicted octanol–water partition coefficient (Wildman–Crippen LogP) is 8.82. The molecule has 5 rings (SSSR count). The molecule has 1 aromatic carbocycles. The summed E-state index contributed by atoms with van der Waals surface area (Å²) < 4.78 is 72.0. The molecule has 0 N–H and O–H groups in total. The van der Waals surface area contributed by atoms with E-state index >= 15 is 8.78 Å². The molecule has 194 valence electrons. The van der Waals surface area contributed by atoms with E-state index < -0.39 is 22.9 Å². The lowest BCUT2D eigenvalue weighted by Crippen LogP contribution is -2.59. The Morgan fingerprint density at radius 2 is 1.78 bits per heavy atom. The average molecular weight is 505 g/mol. The van der Waals surface area contributed by atoms with Gasteiger partial charge in [0, 0.05) is 17.8 Å². The number of fused-ring (bicyclic) bond motifs is 4. The largest absolute Gasteiger partial charge is 0.453 e. The number of halogens is 5. The molecular weight excluding hydrogens is 471 g/mol. The minimum absolute atomic E-state index is 0.0616. The van der Waals surface area contributed by atoms with Crippen LogP contribution in [-0.4, -0.2) is 17.9 Å². The Labute approximate surface area is 209 Å². The second-order valence-electron chi connectivity index (χ2n) is 11.8. The van der Waals surface area contributed by atoms with Crippen LogP contribution in [0.15, 0.2) is 53.6 Å². The van der Waals surface area contributed by atoms with Crippen molar-refractivity contribution in [1.82, 2.24) is 0 Å². The molecular formula is C30H33F5O. The van der Waals surface area contributed by atoms with Crippen LogP contribution >= 0.6 is 0 Å². The number of benzene rings is 1. The van der Waals surface area contributed by atoms with E-state index in [4.69, 9.17) is 0 Å². The minimum atomic E-state index is -5.60. The van der Waals surface area contributed by atoms with Gasteiger partial charge in [-0.3, -0.25) is 4.79 Å². The van der Waals surface area contributed by atoms with Gasteiger partial charge in [0.05, 0.1) is 0 Å². The Hall–Kier alpha value is -2.24. The molecule has 2 fully saturated rings. The van der Waals surface area contributed by atoms with E-state index in [9.17, 15) is 18.0 Å². The maximum absolute atomic E-state index is 15.3. The number of rotatable bonds is 3. The van der Waals surface area contributed by atoms with Gasteiger partial charge >= 0.3 is 12.1 Å². The first-order valence-electron chi connectivity index (χ1n) is 12.9. The van der Waals surface area contributed by atoms with Gasteiger partial charge < -0.3 is 0 Å². The van der Waals surface area contributed by atoms with Crippen LogP contribution < -0.4 is 0 Å². The average Bonchev–Trinajstić information content (AvgIpc) is 3.09. The highest BCUT2D eigenvalue weighted by atomic mass is 19.4. The lowest BCUT2D eigenvalue weighted by Gasteiger charge is -2.57. The molecule has 36 heavy (non-hydrogen) atoms. The van der Waals surface area contributed by atoms with E-state index in [-0.39, 0.29) is 36.4 Å². The first-order chi connectivity index (χ1) is 16.7. The highest BCUT2D eigenvalue weighted by molar-refractivity contribution is 5.93. The zero-order valence-electron chi connectivity index (χ0n) is 21.1. The Kier molecular flexibility index (Phi) is 5.74. The van der Waals surface area contributed by atoms with Crippen LogP contribution in [0.3, 0.4) is 0 Å². The summed E-state index contributed by atoms with van der Waals surface area (Å²) in [7, 11) is 0. The molecule has 3 unspecified atom stereocenters. The van der Waals surface area contributed by atoms with E-state index in [2.05, 4.69) is 6.58 Å². The molecule has 5 atom stereocenters. The van der Waals surface area contributed by atoms with E-state index in [1.807, 2.05) is 31.2 Å². The second-order valence-corrected chi connectivity index (χ2v) is 11.8. The van der Waals surface area contributed by atoms with Crippen LogP contribution in [0.2, 0.25) is 0 Å². The van der Waals surface area contributed by atoms with E-state index in [0.29, 0.717) is 32.1 Å². The number of hydrogen-bond acceptors (Lipinski definition) is 1. The summed E-state index contributed by atoms with van der Waals surface area (Å²) in [5, 5.41) is 0. The van der Waals surface area contributed by atoms with Gasteiger partial charge in [0.25, 0.3) is 0 Å². The van der Waals surface area contributed by atoms with Crippen molar-refractivity contribution in [3.8, 4) is 0 Å². The van der Waals surface area contributed by atoms with Gasteiger partial charge in [-0.25, -0.2) is 0 Å². The fourth-order valence-electron chi connectivity index (χ4n) is 8.05. The summed E-state index contributed by atoms with van der Waals surface area (Å²) in [5.41, 5.74) is 2.71. The van der Waals surface area contributed by atoms with Crippen molar-refractivity contribution in [2.24, 2.45) is 22.7 Å². The second kappa shape index (κ2) is 8.13. The molecule has 0 aliphatic heterocycles. The number of alkyl halides is 5. The van der Waals surface area contributed by atoms with Crippen LogP contribution in [-0.2, 0) is 4.79 Å². The zero-order chi connectivity index (χ0) is 26.3. The van der Waals surface area contributed by atoms with Crippen LogP contribution in [0.1, 0.15) is 82.8 Å². The molecule has 0 heterocycles. The number of allylic oxidation sites excluding steroid dienone is 5. The summed E-state index contributed by atoms with van der Waals surface area (Å²) in [4.78, 5) is 12.2. The number of ketones is 1. The molecule has 0 spiro atoms. The molecule has 4 aliphatic rings. The summed E-state index contributed by atoms with van der Waals surface area (Å²) in [6.45, 7) is 8.80. The van der Waals surface area contributed by atoms with Crippen molar-refractivity contribution < 1.29 is 26.7 Å². The Morgan fingerprint density at radius 3 is 2.44 bits per heavy atom. The quantitative estimate of drug-likeness (QED) is 0.376. The first-order valence-corrected chi connectivity index (χ1v) is 12.9. The Balaban J connectivity index is 1.71. The lowest BCUT2D eigenvalue weighted by atomic mass is 9.48.